The molecule has 0 aromatic heterocycles. The molecule has 0 atom stereocenters. The third kappa shape index (κ3) is 6.50. The van der Waals surface area contributed by atoms with E-state index in [9.17, 15) is 0 Å². The Bertz CT molecular complexity index is 1790. The lowest BCUT2D eigenvalue weighted by Gasteiger charge is -2.15. The van der Waals surface area contributed by atoms with E-state index in [4.69, 9.17) is 19.7 Å². The van der Waals surface area contributed by atoms with Crippen molar-refractivity contribution in [3.8, 4) is 22.6 Å². The Kier molecular flexibility index (Phi) is 8.98. The molecule has 6 aromatic rings. The number of rotatable bonds is 11. The topological polar surface area (TPSA) is 67.9 Å². The van der Waals surface area contributed by atoms with Gasteiger partial charge in [0.2, 0.25) is 0 Å². The van der Waals surface area contributed by atoms with Gasteiger partial charge in [-0.3, -0.25) is 0 Å². The van der Waals surface area contributed by atoms with Crippen molar-refractivity contribution < 1.29 is 9.47 Å². The highest BCUT2D eigenvalue weighted by Gasteiger charge is 2.17. The fraction of sp³-hybridized carbons (Fsp3) is 0.158. The van der Waals surface area contributed by atoms with Gasteiger partial charge in [-0.1, -0.05) is 74.5 Å². The van der Waals surface area contributed by atoms with E-state index >= 15 is 0 Å². The van der Waals surface area contributed by atoms with E-state index in [0.717, 1.165) is 79.8 Å². The first-order valence-corrected chi connectivity index (χ1v) is 15.1. The highest BCUT2D eigenvalue weighted by molar-refractivity contribution is 6.12. The summed E-state index contributed by atoms with van der Waals surface area (Å²) in [6.07, 6.45) is 1.92. The average Bonchev–Trinajstić information content (AvgIpc) is 3.08. The van der Waals surface area contributed by atoms with Crippen LogP contribution in [0.25, 0.3) is 32.7 Å². The maximum Gasteiger partial charge on any atom is 0.119 e. The maximum atomic E-state index is 5.73. The second-order valence-electron chi connectivity index (χ2n) is 10.4. The smallest absolute Gasteiger partial charge is 0.119 e. The molecule has 0 spiro atoms. The third-order valence-electron chi connectivity index (χ3n) is 7.23. The molecule has 0 aliphatic heterocycles. The molecule has 44 heavy (non-hydrogen) atoms. The zero-order chi connectivity index (χ0) is 30.1. The molecule has 0 aliphatic carbocycles. The first kappa shape index (κ1) is 28.7. The van der Waals surface area contributed by atoms with E-state index in [1.54, 1.807) is 0 Å². The lowest BCUT2D eigenvalue weighted by molar-refractivity contribution is 0.317. The average molecular weight is 579 g/mol. The Morgan fingerprint density at radius 1 is 0.432 bits per heavy atom. The van der Waals surface area contributed by atoms with Gasteiger partial charge in [0.1, 0.15) is 11.5 Å². The van der Waals surface area contributed by atoms with E-state index in [0.29, 0.717) is 13.2 Å². The molecule has 6 aromatic carbocycles. The first-order chi connectivity index (χ1) is 21.7. The van der Waals surface area contributed by atoms with Crippen molar-refractivity contribution in [1.29, 1.82) is 0 Å². The van der Waals surface area contributed by atoms with E-state index in [2.05, 4.69) is 72.6 Å². The van der Waals surface area contributed by atoms with Crippen LogP contribution in [0.5, 0.6) is 11.5 Å². The zero-order valence-electron chi connectivity index (χ0n) is 25.0. The van der Waals surface area contributed by atoms with Crippen LogP contribution in [0.1, 0.15) is 26.7 Å². The second kappa shape index (κ2) is 13.7. The summed E-state index contributed by atoms with van der Waals surface area (Å²) < 4.78 is 11.5. The van der Waals surface area contributed by atoms with Crippen molar-refractivity contribution >= 4 is 44.3 Å². The predicted octanol–water partition coefficient (Wildman–Crippen LogP) is 12.1. The number of nitrogens with zero attached hydrogens (tertiary/aromatic N) is 4. The van der Waals surface area contributed by atoms with Gasteiger partial charge in [0.25, 0.3) is 0 Å². The molecule has 6 nitrogen and oxygen atoms in total. The minimum atomic E-state index is 0.685. The summed E-state index contributed by atoms with van der Waals surface area (Å²) in [7, 11) is 0. The monoisotopic (exact) mass is 578 g/mol. The Morgan fingerprint density at radius 3 is 1.25 bits per heavy atom. The van der Waals surface area contributed by atoms with Gasteiger partial charge in [0, 0.05) is 11.1 Å². The van der Waals surface area contributed by atoms with Crippen LogP contribution in [0, 0.1) is 0 Å². The maximum absolute atomic E-state index is 5.73. The Labute approximate surface area is 257 Å². The summed E-state index contributed by atoms with van der Waals surface area (Å²) in [6.45, 7) is 5.55. The Hall–Kier alpha value is -5.36. The lowest BCUT2D eigenvalue weighted by Crippen LogP contribution is -1.93. The van der Waals surface area contributed by atoms with Crippen LogP contribution in [-0.2, 0) is 0 Å². The molecule has 0 unspecified atom stereocenters. The molecule has 6 heteroatoms. The minimum Gasteiger partial charge on any atom is -0.494 e. The number of hydrogen-bond donors (Lipinski definition) is 0. The van der Waals surface area contributed by atoms with Crippen molar-refractivity contribution in [1.82, 2.24) is 0 Å². The van der Waals surface area contributed by atoms with Crippen molar-refractivity contribution in [2.75, 3.05) is 13.2 Å². The molecule has 0 bridgehead atoms. The number of azo groups is 2. The highest BCUT2D eigenvalue weighted by atomic mass is 16.5. The van der Waals surface area contributed by atoms with E-state index < -0.39 is 0 Å². The molecule has 0 saturated carbocycles. The van der Waals surface area contributed by atoms with E-state index in [-0.39, 0.29) is 0 Å². The molecule has 0 heterocycles. The number of ether oxygens (including phenoxy) is 2. The molecule has 0 saturated heterocycles. The second-order valence-corrected chi connectivity index (χ2v) is 10.4. The van der Waals surface area contributed by atoms with Gasteiger partial charge in [0.05, 0.1) is 36.0 Å². The predicted molar refractivity (Wildman–Crippen MR) is 180 cm³/mol. The summed E-state index contributed by atoms with van der Waals surface area (Å²) in [5.41, 5.74) is 4.92. The molecule has 0 radical (unpaired) electrons. The summed E-state index contributed by atoms with van der Waals surface area (Å²) >= 11 is 0. The van der Waals surface area contributed by atoms with Crippen LogP contribution in [0.2, 0.25) is 0 Å². The van der Waals surface area contributed by atoms with Gasteiger partial charge in [0.15, 0.2) is 0 Å². The van der Waals surface area contributed by atoms with E-state index in [1.165, 1.54) is 0 Å². The Balaban J connectivity index is 1.46. The van der Waals surface area contributed by atoms with Crippen LogP contribution in [0.4, 0.5) is 22.7 Å². The normalized spacial score (nSPS) is 11.6. The zero-order valence-corrected chi connectivity index (χ0v) is 25.0. The highest BCUT2D eigenvalue weighted by Crippen LogP contribution is 2.46. The van der Waals surface area contributed by atoms with Gasteiger partial charge >= 0.3 is 0 Å². The van der Waals surface area contributed by atoms with Crippen molar-refractivity contribution in [2.45, 2.75) is 26.7 Å². The van der Waals surface area contributed by atoms with Crippen LogP contribution < -0.4 is 9.47 Å². The first-order valence-electron chi connectivity index (χ1n) is 15.1. The van der Waals surface area contributed by atoms with Gasteiger partial charge in [-0.25, -0.2) is 0 Å². The fourth-order valence-electron chi connectivity index (χ4n) is 5.09. The van der Waals surface area contributed by atoms with Gasteiger partial charge in [-0.2, -0.15) is 10.2 Å². The quantitative estimate of drug-likeness (QED) is 0.143. The molecule has 218 valence electrons. The van der Waals surface area contributed by atoms with Crippen LogP contribution in [-0.4, -0.2) is 13.2 Å². The van der Waals surface area contributed by atoms with Crippen molar-refractivity contribution in [2.24, 2.45) is 20.5 Å². The number of hydrogen-bond acceptors (Lipinski definition) is 6. The van der Waals surface area contributed by atoms with Crippen molar-refractivity contribution in [3.05, 3.63) is 121 Å². The van der Waals surface area contributed by atoms with Gasteiger partial charge in [-0.05, 0) is 95.1 Å². The Morgan fingerprint density at radius 2 is 0.841 bits per heavy atom. The largest absolute Gasteiger partial charge is 0.494 e. The lowest BCUT2D eigenvalue weighted by atomic mass is 9.91. The van der Waals surface area contributed by atoms with Crippen LogP contribution >= 0.6 is 0 Å². The van der Waals surface area contributed by atoms with Crippen molar-refractivity contribution in [3.63, 3.8) is 0 Å². The molecule has 0 N–H and O–H groups in total. The molecule has 0 aliphatic rings. The third-order valence-corrected chi connectivity index (χ3v) is 7.23. The molecular formula is C38H34N4O2. The van der Waals surface area contributed by atoms with Crippen LogP contribution in [0.15, 0.2) is 142 Å². The minimum absolute atomic E-state index is 0.685. The standard InChI is InChI=1S/C38H34N4O2/c1-3-25-43-31-19-15-29(16-20-31)39-41-35-23-13-27-9-5-7-11-33(27)37(35)38-34-12-8-6-10-28(34)14-24-36(38)42-40-30-17-21-32(22-18-30)44-26-4-2/h5-24H,3-4,25-26H2,1-2H3. The SMILES string of the molecule is CCCOc1ccc(N=Nc2ccc3ccccc3c2-c2c(N=Nc3ccc(OCCC)cc3)ccc3ccccc23)cc1. The molecular weight excluding hydrogens is 544 g/mol. The van der Waals surface area contributed by atoms with Crippen LogP contribution in [0.3, 0.4) is 0 Å². The number of benzene rings is 6. The molecule has 0 amide bonds. The fourth-order valence-corrected chi connectivity index (χ4v) is 5.09. The van der Waals surface area contributed by atoms with E-state index in [1.807, 2.05) is 72.8 Å². The number of fused-ring (bicyclic) bond motifs is 2. The summed E-state index contributed by atoms with van der Waals surface area (Å²) in [6, 6.07) is 40.3. The van der Waals surface area contributed by atoms with Gasteiger partial charge in [-0.15, -0.1) is 10.2 Å². The molecule has 0 fully saturated rings. The van der Waals surface area contributed by atoms with Gasteiger partial charge < -0.3 is 9.47 Å². The summed E-state index contributed by atoms with van der Waals surface area (Å²) in [4.78, 5) is 0. The summed E-state index contributed by atoms with van der Waals surface area (Å²) in [5.74, 6) is 1.65. The summed E-state index contributed by atoms with van der Waals surface area (Å²) in [5, 5.41) is 23.2. The molecule has 6 rings (SSSR count).